The number of hydrogen-bond donors (Lipinski definition) is 1. The highest BCUT2D eigenvalue weighted by atomic mass is 79.9. The summed E-state index contributed by atoms with van der Waals surface area (Å²) in [7, 11) is 0. The van der Waals surface area contributed by atoms with E-state index in [2.05, 4.69) is 28.9 Å². The number of halogens is 1. The monoisotopic (exact) mass is 499 g/mol. The van der Waals surface area contributed by atoms with E-state index in [-0.39, 0.29) is 11.7 Å². The van der Waals surface area contributed by atoms with E-state index in [1.807, 2.05) is 41.5 Å². The van der Waals surface area contributed by atoms with Crippen molar-refractivity contribution in [3.05, 3.63) is 67.9 Å². The zero-order valence-electron chi connectivity index (χ0n) is 16.9. The van der Waals surface area contributed by atoms with E-state index in [4.69, 9.17) is 5.73 Å². The van der Waals surface area contributed by atoms with Crippen LogP contribution in [0.1, 0.15) is 43.2 Å². The van der Waals surface area contributed by atoms with Gasteiger partial charge in [0.25, 0.3) is 0 Å². The Kier molecular flexibility index (Phi) is 6.10. The van der Waals surface area contributed by atoms with Gasteiger partial charge >= 0.3 is 0 Å². The normalized spacial score (nSPS) is 19.2. The summed E-state index contributed by atoms with van der Waals surface area (Å²) in [5, 5.41) is 12.2. The summed E-state index contributed by atoms with van der Waals surface area (Å²) in [5.41, 5.74) is 11.8. The third-order valence-corrected chi connectivity index (χ3v) is 8.20. The zero-order chi connectivity index (χ0) is 21.4. The predicted octanol–water partition coefficient (Wildman–Crippen LogP) is 6.24. The number of Topliss-reactive ketones (excluding diaryl/α,β-unsaturated/α-hetero) is 1. The zero-order valence-corrected chi connectivity index (χ0v) is 20.1. The maximum Gasteiger partial charge on any atom is 0.161 e. The first kappa shape index (κ1) is 21.2. The first-order valence-corrected chi connectivity index (χ1v) is 12.6. The molecule has 4 rings (SSSR count). The summed E-state index contributed by atoms with van der Waals surface area (Å²) < 4.78 is 2.14. The second-order valence-corrected chi connectivity index (χ2v) is 10.7. The maximum absolute atomic E-state index is 13.2. The fourth-order valence-corrected chi connectivity index (χ4v) is 6.85. The van der Waals surface area contributed by atoms with Crippen LogP contribution in [0.4, 0.5) is 5.69 Å². The first-order valence-electron chi connectivity index (χ1n) is 9.90. The van der Waals surface area contributed by atoms with Gasteiger partial charge in [-0.15, -0.1) is 23.1 Å². The highest BCUT2D eigenvalue weighted by molar-refractivity contribution is 9.10. The van der Waals surface area contributed by atoms with Gasteiger partial charge in [-0.25, -0.2) is 0 Å². The number of thiophene rings is 1. The van der Waals surface area contributed by atoms with Crippen LogP contribution < -0.4 is 10.6 Å². The molecule has 7 heteroatoms. The van der Waals surface area contributed by atoms with Crippen LogP contribution >= 0.6 is 39.0 Å². The lowest BCUT2D eigenvalue weighted by Crippen LogP contribution is -2.39. The summed E-state index contributed by atoms with van der Waals surface area (Å²) in [5.74, 6) is 1.11. The fraction of sp³-hybridized carbons (Fsp3) is 0.304. The molecule has 0 bridgehead atoms. The van der Waals surface area contributed by atoms with E-state index in [0.717, 1.165) is 55.4 Å². The van der Waals surface area contributed by atoms with Gasteiger partial charge in [0.1, 0.15) is 5.82 Å². The molecule has 0 radical (unpaired) electrons. The van der Waals surface area contributed by atoms with Crippen LogP contribution in [0.3, 0.4) is 0 Å². The van der Waals surface area contributed by atoms with Gasteiger partial charge in [-0.2, -0.15) is 5.26 Å². The lowest BCUT2D eigenvalue weighted by Gasteiger charge is -2.40. The molecule has 0 saturated heterocycles. The molecule has 2 N–H and O–H groups in total. The van der Waals surface area contributed by atoms with E-state index >= 15 is 0 Å². The number of carbonyl (C=O) groups is 1. The van der Waals surface area contributed by atoms with Crippen molar-refractivity contribution in [3.63, 3.8) is 0 Å². The Hall–Kier alpha value is -2.01. The molecule has 0 amide bonds. The largest absolute Gasteiger partial charge is 0.384 e. The molecular formula is C23H22BrN3OS2. The molecule has 30 heavy (non-hydrogen) atoms. The second-order valence-electron chi connectivity index (χ2n) is 7.34. The Bertz CT molecular complexity index is 1130. The Morgan fingerprint density at radius 3 is 2.87 bits per heavy atom. The molecule has 1 aromatic heterocycles. The van der Waals surface area contributed by atoms with Crippen molar-refractivity contribution < 1.29 is 4.79 Å². The van der Waals surface area contributed by atoms with Gasteiger partial charge < -0.3 is 5.73 Å². The molecule has 0 spiro atoms. The second kappa shape index (κ2) is 8.62. The van der Waals surface area contributed by atoms with Gasteiger partial charge in [0.2, 0.25) is 0 Å². The Balaban J connectivity index is 1.97. The minimum atomic E-state index is -0.384. The van der Waals surface area contributed by atoms with Crippen molar-refractivity contribution in [2.45, 2.75) is 43.2 Å². The molecule has 0 unspecified atom stereocenters. The van der Waals surface area contributed by atoms with E-state index in [0.29, 0.717) is 17.8 Å². The Labute approximate surface area is 193 Å². The van der Waals surface area contributed by atoms with E-state index in [1.54, 1.807) is 23.1 Å². The number of anilines is 1. The molecule has 4 nitrogen and oxygen atoms in total. The van der Waals surface area contributed by atoms with Gasteiger partial charge in [0.15, 0.2) is 5.78 Å². The van der Waals surface area contributed by atoms with Crippen molar-refractivity contribution in [2.75, 3.05) is 10.7 Å². The third-order valence-electron chi connectivity index (χ3n) is 5.56. The summed E-state index contributed by atoms with van der Waals surface area (Å²) in [4.78, 5) is 15.2. The topological polar surface area (TPSA) is 70.1 Å². The van der Waals surface area contributed by atoms with Gasteiger partial charge in [0.05, 0.1) is 27.5 Å². The van der Waals surface area contributed by atoms with Crippen LogP contribution in [0.15, 0.2) is 61.0 Å². The molecule has 2 aromatic rings. The van der Waals surface area contributed by atoms with Gasteiger partial charge in [-0.05, 0) is 66.3 Å². The molecule has 2 heterocycles. The summed E-state index contributed by atoms with van der Waals surface area (Å²) >= 11 is 6.93. The van der Waals surface area contributed by atoms with Crippen molar-refractivity contribution in [2.24, 2.45) is 5.73 Å². The minimum absolute atomic E-state index is 0.125. The number of carbonyl (C=O) groups excluding carboxylic acids is 1. The van der Waals surface area contributed by atoms with Crippen molar-refractivity contribution in [1.29, 1.82) is 5.26 Å². The number of aryl methyl sites for hydroxylation is 1. The van der Waals surface area contributed by atoms with E-state index < -0.39 is 0 Å². The maximum atomic E-state index is 13.2. The molecule has 0 saturated carbocycles. The molecule has 1 aromatic carbocycles. The van der Waals surface area contributed by atoms with Crippen LogP contribution in [0.5, 0.6) is 0 Å². The number of hydrogen-bond acceptors (Lipinski definition) is 6. The summed E-state index contributed by atoms with van der Waals surface area (Å²) in [6.45, 7) is 4.13. The fourth-order valence-electron chi connectivity index (χ4n) is 4.31. The Morgan fingerprint density at radius 1 is 1.37 bits per heavy atom. The number of ketones is 1. The SMILES string of the molecule is CCSc1sccc1[C@@H]1C(C#N)=C(N)N(c2ccc(Br)cc2C)C2=C1C(=O)CCC2. The van der Waals surface area contributed by atoms with Gasteiger partial charge in [0, 0.05) is 22.2 Å². The van der Waals surface area contributed by atoms with Crippen LogP contribution in [0, 0.1) is 18.3 Å². The van der Waals surface area contributed by atoms with E-state index in [1.165, 1.54) is 0 Å². The molecule has 2 aliphatic rings. The smallest absolute Gasteiger partial charge is 0.161 e. The van der Waals surface area contributed by atoms with Crippen LogP contribution in [0.25, 0.3) is 0 Å². The average molecular weight is 500 g/mol. The average Bonchev–Trinajstić information content (AvgIpc) is 3.16. The highest BCUT2D eigenvalue weighted by Crippen LogP contribution is 2.49. The number of benzene rings is 1. The van der Waals surface area contributed by atoms with Gasteiger partial charge in [-0.3, -0.25) is 9.69 Å². The standard InChI is InChI=1S/C23H22BrN3OS2/c1-3-29-23-15(9-10-30-23)20-16(12-25)22(26)27(17-8-7-14(24)11-13(17)2)18-5-4-6-19(28)21(18)20/h7-11,20H,3-6,26H2,1-2H3/t20-/m1/s1. The van der Waals surface area contributed by atoms with E-state index in [9.17, 15) is 10.1 Å². The quantitative estimate of drug-likeness (QED) is 0.504. The van der Waals surface area contributed by atoms with Crippen LogP contribution in [-0.4, -0.2) is 11.5 Å². The Morgan fingerprint density at radius 2 is 2.17 bits per heavy atom. The number of nitrogens with two attached hydrogens (primary N) is 1. The number of nitrogens with zero attached hydrogens (tertiary/aromatic N) is 2. The van der Waals surface area contributed by atoms with Crippen molar-refractivity contribution in [1.82, 2.24) is 0 Å². The van der Waals surface area contributed by atoms with Crippen molar-refractivity contribution in [3.8, 4) is 6.07 Å². The molecule has 1 aliphatic carbocycles. The third kappa shape index (κ3) is 3.51. The molecule has 0 fully saturated rings. The number of rotatable bonds is 4. The number of nitriles is 1. The minimum Gasteiger partial charge on any atom is -0.384 e. The van der Waals surface area contributed by atoms with Crippen LogP contribution in [0.2, 0.25) is 0 Å². The number of allylic oxidation sites excluding steroid dienone is 3. The first-order chi connectivity index (χ1) is 14.5. The summed E-state index contributed by atoms with van der Waals surface area (Å²) in [6.07, 6.45) is 2.08. The molecule has 1 aliphatic heterocycles. The molecular weight excluding hydrogens is 478 g/mol. The summed E-state index contributed by atoms with van der Waals surface area (Å²) in [6, 6.07) is 10.4. The van der Waals surface area contributed by atoms with Crippen LogP contribution in [-0.2, 0) is 4.79 Å². The highest BCUT2D eigenvalue weighted by Gasteiger charge is 2.41. The lowest BCUT2D eigenvalue weighted by molar-refractivity contribution is -0.116. The van der Waals surface area contributed by atoms with Gasteiger partial charge in [-0.1, -0.05) is 22.9 Å². The molecule has 1 atom stereocenters. The predicted molar refractivity (Wildman–Crippen MR) is 128 cm³/mol. The number of thioether (sulfide) groups is 1. The van der Waals surface area contributed by atoms with Crippen molar-refractivity contribution >= 4 is 50.5 Å². The lowest BCUT2D eigenvalue weighted by atomic mass is 9.76. The molecule has 154 valence electrons.